The Morgan fingerprint density at radius 1 is 1.05 bits per heavy atom. The molecule has 0 fully saturated rings. The third kappa shape index (κ3) is 8.28. The van der Waals surface area contributed by atoms with Crippen molar-refractivity contribution in [2.75, 3.05) is 25.5 Å². The lowest BCUT2D eigenvalue weighted by Gasteiger charge is -2.32. The highest BCUT2D eigenvalue weighted by Gasteiger charge is 2.25. The summed E-state index contributed by atoms with van der Waals surface area (Å²) in [5.74, 6) is 0.936. The highest BCUT2D eigenvalue weighted by molar-refractivity contribution is 6.30. The first-order valence-electron chi connectivity index (χ1n) is 13.1. The number of benzene rings is 2. The fraction of sp³-hybridized carbons (Fsp3) is 0.400. The van der Waals surface area contributed by atoms with E-state index in [-0.39, 0.29) is 30.4 Å². The minimum Gasteiger partial charge on any atom is -0.497 e. The number of hydrogen-bond acceptors (Lipinski definition) is 3. The zero-order valence-corrected chi connectivity index (χ0v) is 23.7. The van der Waals surface area contributed by atoms with Crippen molar-refractivity contribution in [3.8, 4) is 5.75 Å². The zero-order valence-electron chi connectivity index (χ0n) is 23.0. The van der Waals surface area contributed by atoms with Gasteiger partial charge < -0.3 is 24.4 Å². The maximum Gasteiger partial charge on any atom is 0.322 e. The Balaban J connectivity index is 1.76. The summed E-state index contributed by atoms with van der Waals surface area (Å²) in [6.07, 6.45) is 2.84. The molecule has 0 bridgehead atoms. The second-order valence-corrected chi connectivity index (χ2v) is 10.4. The first-order chi connectivity index (χ1) is 18.2. The molecule has 0 spiro atoms. The van der Waals surface area contributed by atoms with Crippen molar-refractivity contribution in [3.05, 3.63) is 83.1 Å². The lowest BCUT2D eigenvalue weighted by Crippen LogP contribution is -2.48. The van der Waals surface area contributed by atoms with Crippen LogP contribution < -0.4 is 10.1 Å². The lowest BCUT2D eigenvalue weighted by atomic mass is 10.1. The molecule has 8 heteroatoms. The van der Waals surface area contributed by atoms with Crippen LogP contribution in [0.5, 0.6) is 5.75 Å². The van der Waals surface area contributed by atoms with Crippen molar-refractivity contribution < 1.29 is 14.3 Å². The van der Waals surface area contributed by atoms with Gasteiger partial charge in [-0.2, -0.15) is 0 Å². The fourth-order valence-electron chi connectivity index (χ4n) is 4.25. The topological polar surface area (TPSA) is 66.8 Å². The molecule has 0 aliphatic heterocycles. The fourth-order valence-corrected chi connectivity index (χ4v) is 4.38. The van der Waals surface area contributed by atoms with E-state index in [2.05, 4.69) is 22.9 Å². The first-order valence-corrected chi connectivity index (χ1v) is 13.5. The molecule has 0 saturated heterocycles. The van der Waals surface area contributed by atoms with Crippen LogP contribution in [-0.4, -0.2) is 52.5 Å². The van der Waals surface area contributed by atoms with E-state index >= 15 is 0 Å². The molecule has 7 nitrogen and oxygen atoms in total. The van der Waals surface area contributed by atoms with Crippen LogP contribution >= 0.6 is 11.6 Å². The monoisotopic (exact) mass is 538 g/mol. The Hall–Kier alpha value is -3.45. The van der Waals surface area contributed by atoms with Crippen molar-refractivity contribution in [2.45, 2.75) is 53.2 Å². The second-order valence-electron chi connectivity index (χ2n) is 9.97. The number of hydrogen-bond donors (Lipinski definition) is 1. The maximum atomic E-state index is 13.7. The molecule has 3 amide bonds. The van der Waals surface area contributed by atoms with Crippen LogP contribution in [0.4, 0.5) is 10.5 Å². The van der Waals surface area contributed by atoms with Gasteiger partial charge in [0.05, 0.1) is 13.7 Å². The predicted octanol–water partition coefficient (Wildman–Crippen LogP) is 6.52. The molecule has 204 valence electrons. The molecular weight excluding hydrogens is 500 g/mol. The van der Waals surface area contributed by atoms with Gasteiger partial charge in [0.15, 0.2) is 0 Å². The van der Waals surface area contributed by atoms with Gasteiger partial charge in [0.1, 0.15) is 12.3 Å². The highest BCUT2D eigenvalue weighted by atomic mass is 35.5. The third-order valence-corrected chi connectivity index (χ3v) is 6.73. The van der Waals surface area contributed by atoms with Crippen molar-refractivity contribution in [2.24, 2.45) is 5.92 Å². The van der Waals surface area contributed by atoms with Gasteiger partial charge in [0.2, 0.25) is 5.91 Å². The largest absolute Gasteiger partial charge is 0.497 e. The summed E-state index contributed by atoms with van der Waals surface area (Å²) in [5, 5.41) is 3.49. The van der Waals surface area contributed by atoms with E-state index in [9.17, 15) is 9.59 Å². The van der Waals surface area contributed by atoms with Gasteiger partial charge in [-0.05, 0) is 73.4 Å². The predicted molar refractivity (Wildman–Crippen MR) is 154 cm³/mol. The van der Waals surface area contributed by atoms with Gasteiger partial charge in [-0.15, -0.1) is 0 Å². The number of carbonyl (C=O) groups is 2. The number of methoxy groups -OCH3 is 1. The summed E-state index contributed by atoms with van der Waals surface area (Å²) in [5.41, 5.74) is 2.78. The molecule has 0 aliphatic carbocycles. The Morgan fingerprint density at radius 2 is 1.79 bits per heavy atom. The number of anilines is 1. The summed E-state index contributed by atoms with van der Waals surface area (Å²) in [4.78, 5) is 30.3. The molecule has 1 unspecified atom stereocenters. The van der Waals surface area contributed by atoms with E-state index in [4.69, 9.17) is 16.3 Å². The zero-order chi connectivity index (χ0) is 27.7. The number of halogens is 1. The Kier molecular flexibility index (Phi) is 10.7. The molecule has 2 aromatic carbocycles. The van der Waals surface area contributed by atoms with Crippen molar-refractivity contribution in [1.29, 1.82) is 0 Å². The van der Waals surface area contributed by atoms with Crippen LogP contribution in [0.25, 0.3) is 0 Å². The molecule has 1 atom stereocenters. The molecule has 1 aromatic heterocycles. The minimum atomic E-state index is -0.306. The maximum absolute atomic E-state index is 13.7. The molecule has 1 N–H and O–H groups in total. The van der Waals surface area contributed by atoms with E-state index in [1.165, 1.54) is 0 Å². The van der Waals surface area contributed by atoms with Crippen LogP contribution in [-0.2, 0) is 17.9 Å². The Morgan fingerprint density at radius 3 is 2.45 bits per heavy atom. The quantitative estimate of drug-likeness (QED) is 0.285. The number of ether oxygens (including phenoxy) is 1. The molecule has 0 aliphatic rings. The Labute approximate surface area is 231 Å². The van der Waals surface area contributed by atoms with Crippen LogP contribution in [0, 0.1) is 5.92 Å². The lowest BCUT2D eigenvalue weighted by molar-refractivity contribution is -0.134. The van der Waals surface area contributed by atoms with Crippen molar-refractivity contribution in [3.63, 3.8) is 0 Å². The van der Waals surface area contributed by atoms with Crippen LogP contribution in [0.15, 0.2) is 66.9 Å². The van der Waals surface area contributed by atoms with E-state index in [0.717, 1.165) is 23.4 Å². The number of amides is 3. The van der Waals surface area contributed by atoms with Crippen LogP contribution in [0.1, 0.15) is 45.4 Å². The van der Waals surface area contributed by atoms with Gasteiger partial charge in [-0.25, -0.2) is 4.79 Å². The van der Waals surface area contributed by atoms with E-state index in [1.54, 1.807) is 36.3 Å². The number of urea groups is 1. The number of nitrogens with one attached hydrogen (secondary N) is 1. The number of carbonyl (C=O) groups excluding carboxylic acids is 2. The van der Waals surface area contributed by atoms with E-state index in [1.807, 2.05) is 62.2 Å². The summed E-state index contributed by atoms with van der Waals surface area (Å²) >= 11 is 5.97. The second kappa shape index (κ2) is 13.9. The molecule has 38 heavy (non-hydrogen) atoms. The average Bonchev–Trinajstić information content (AvgIpc) is 3.33. The summed E-state index contributed by atoms with van der Waals surface area (Å²) in [7, 11) is 1.66. The number of nitrogens with zero attached hydrogens (tertiary/aromatic N) is 3. The molecular formula is C30H39ClN4O3. The molecule has 3 rings (SSSR count). The summed E-state index contributed by atoms with van der Waals surface area (Å²) in [6, 6.07) is 18.7. The molecule has 0 radical (unpaired) electrons. The number of aromatic nitrogens is 1. The normalized spacial score (nSPS) is 11.8. The minimum absolute atomic E-state index is 0.00145. The summed E-state index contributed by atoms with van der Waals surface area (Å²) in [6.45, 7) is 9.78. The van der Waals surface area contributed by atoms with Gasteiger partial charge in [0, 0.05) is 41.7 Å². The third-order valence-electron chi connectivity index (χ3n) is 6.48. The molecule has 0 saturated carbocycles. The van der Waals surface area contributed by atoms with E-state index < -0.39 is 0 Å². The van der Waals surface area contributed by atoms with Gasteiger partial charge in [-0.1, -0.05) is 44.5 Å². The van der Waals surface area contributed by atoms with Gasteiger partial charge in [-0.3, -0.25) is 4.79 Å². The summed E-state index contributed by atoms with van der Waals surface area (Å²) < 4.78 is 7.52. The standard InChI is InChI=1S/C30H39ClN4O3/c1-6-23(4)35(20-27-10-8-16-33(27)19-24-9-7-11-28(17-24)38-5)29(36)21-34(18-22(2)3)30(37)32-26-14-12-25(31)13-15-26/h7-17,22-23H,6,18-21H2,1-5H3,(H,32,37). The van der Waals surface area contributed by atoms with Crippen molar-refractivity contribution in [1.82, 2.24) is 14.4 Å². The smallest absolute Gasteiger partial charge is 0.322 e. The number of rotatable bonds is 12. The van der Waals surface area contributed by atoms with Crippen LogP contribution in [0.3, 0.4) is 0 Å². The SMILES string of the molecule is CCC(C)N(Cc1cccn1Cc1cccc(OC)c1)C(=O)CN(CC(C)C)C(=O)Nc1ccc(Cl)cc1. The van der Waals surface area contributed by atoms with Gasteiger partial charge >= 0.3 is 6.03 Å². The highest BCUT2D eigenvalue weighted by Crippen LogP contribution is 2.18. The van der Waals surface area contributed by atoms with Crippen LogP contribution in [0.2, 0.25) is 5.02 Å². The average molecular weight is 539 g/mol. The molecule has 3 aromatic rings. The van der Waals surface area contributed by atoms with E-state index in [0.29, 0.717) is 30.3 Å². The Bertz CT molecular complexity index is 1190. The molecule has 1 heterocycles. The first kappa shape index (κ1) is 29.1. The van der Waals surface area contributed by atoms with Crippen molar-refractivity contribution >= 4 is 29.2 Å². The van der Waals surface area contributed by atoms with Gasteiger partial charge in [0.25, 0.3) is 0 Å².